The molecular formula is C5H5BN2O2S. The number of anilines is 1. The zero-order chi connectivity index (χ0) is 8.43. The zero-order valence-electron chi connectivity index (χ0n) is 5.83. The van der Waals surface area contributed by atoms with Crippen LogP contribution in [0.25, 0.3) is 0 Å². The first-order valence-electron chi connectivity index (χ1n) is 2.75. The SMILES string of the molecule is [B]c1nc(N)sc1C(=O)OC. The average molecular weight is 168 g/mol. The first-order valence-corrected chi connectivity index (χ1v) is 3.57. The molecule has 0 bridgehead atoms. The second-order valence-electron chi connectivity index (χ2n) is 1.76. The Hall–Kier alpha value is -1.04. The van der Waals surface area contributed by atoms with Crippen molar-refractivity contribution in [2.45, 2.75) is 0 Å². The fraction of sp³-hybridized carbons (Fsp3) is 0.200. The number of nitrogens with zero attached hydrogens (tertiary/aromatic N) is 1. The van der Waals surface area contributed by atoms with E-state index >= 15 is 0 Å². The molecule has 4 nitrogen and oxygen atoms in total. The van der Waals surface area contributed by atoms with Crippen LogP contribution in [0, 0.1) is 0 Å². The monoisotopic (exact) mass is 168 g/mol. The minimum atomic E-state index is -0.503. The van der Waals surface area contributed by atoms with Crippen molar-refractivity contribution in [3.8, 4) is 0 Å². The van der Waals surface area contributed by atoms with E-state index in [-0.39, 0.29) is 15.6 Å². The van der Waals surface area contributed by atoms with E-state index in [9.17, 15) is 4.79 Å². The second kappa shape index (κ2) is 2.92. The normalized spacial score (nSPS) is 9.55. The van der Waals surface area contributed by atoms with E-state index in [1.807, 2.05) is 0 Å². The van der Waals surface area contributed by atoms with E-state index in [0.717, 1.165) is 11.3 Å². The van der Waals surface area contributed by atoms with Gasteiger partial charge in [0.15, 0.2) is 5.13 Å². The van der Waals surface area contributed by atoms with Crippen LogP contribution in [0.3, 0.4) is 0 Å². The number of nitrogens with two attached hydrogens (primary N) is 1. The zero-order valence-corrected chi connectivity index (χ0v) is 6.64. The van der Waals surface area contributed by atoms with Crippen LogP contribution in [0.15, 0.2) is 0 Å². The summed E-state index contributed by atoms with van der Waals surface area (Å²) in [7, 11) is 6.61. The van der Waals surface area contributed by atoms with Crippen molar-refractivity contribution in [3.63, 3.8) is 0 Å². The van der Waals surface area contributed by atoms with E-state index in [4.69, 9.17) is 13.6 Å². The van der Waals surface area contributed by atoms with Gasteiger partial charge in [0.05, 0.1) is 7.11 Å². The molecule has 1 aromatic heterocycles. The minimum absolute atomic E-state index is 0.124. The molecule has 0 fully saturated rings. The highest BCUT2D eigenvalue weighted by atomic mass is 32.1. The average Bonchev–Trinajstić information content (AvgIpc) is 2.28. The van der Waals surface area contributed by atoms with E-state index < -0.39 is 5.97 Å². The summed E-state index contributed by atoms with van der Waals surface area (Å²) in [5.41, 5.74) is 5.42. The van der Waals surface area contributed by atoms with Gasteiger partial charge >= 0.3 is 5.97 Å². The molecule has 0 aliphatic rings. The lowest BCUT2D eigenvalue weighted by Gasteiger charge is -1.93. The van der Waals surface area contributed by atoms with Crippen molar-refractivity contribution in [1.82, 2.24) is 4.98 Å². The number of esters is 1. The lowest BCUT2D eigenvalue weighted by atomic mass is 10.0. The number of thiazole rings is 1. The summed E-state index contributed by atoms with van der Waals surface area (Å²) in [5, 5.41) is 0.267. The Bertz CT molecular complexity index is 286. The van der Waals surface area contributed by atoms with Crippen LogP contribution in [-0.4, -0.2) is 25.9 Å². The third-order valence-corrected chi connectivity index (χ3v) is 1.92. The van der Waals surface area contributed by atoms with Crippen LogP contribution in [0.1, 0.15) is 9.67 Å². The van der Waals surface area contributed by atoms with Gasteiger partial charge in [0.25, 0.3) is 0 Å². The van der Waals surface area contributed by atoms with Gasteiger partial charge in [-0.15, -0.1) is 0 Å². The molecule has 0 unspecified atom stereocenters. The second-order valence-corrected chi connectivity index (χ2v) is 2.79. The summed E-state index contributed by atoms with van der Waals surface area (Å²) in [6, 6.07) is 0. The number of nitrogen functional groups attached to an aromatic ring is 1. The van der Waals surface area contributed by atoms with Gasteiger partial charge < -0.3 is 10.5 Å². The van der Waals surface area contributed by atoms with Crippen LogP contribution >= 0.6 is 11.3 Å². The molecule has 2 radical (unpaired) electrons. The van der Waals surface area contributed by atoms with E-state index in [1.165, 1.54) is 7.11 Å². The van der Waals surface area contributed by atoms with Crippen molar-refractivity contribution in [1.29, 1.82) is 0 Å². The maximum atomic E-state index is 10.9. The molecule has 0 amide bonds. The Labute approximate surface area is 68.8 Å². The van der Waals surface area contributed by atoms with Crippen LogP contribution < -0.4 is 11.3 Å². The highest BCUT2D eigenvalue weighted by Crippen LogP contribution is 2.12. The van der Waals surface area contributed by atoms with Gasteiger partial charge in [-0.05, 0) is 0 Å². The van der Waals surface area contributed by atoms with E-state index in [1.54, 1.807) is 0 Å². The quantitative estimate of drug-likeness (QED) is 0.445. The fourth-order valence-electron chi connectivity index (χ4n) is 0.588. The van der Waals surface area contributed by atoms with Gasteiger partial charge in [0.1, 0.15) is 12.7 Å². The molecule has 0 saturated carbocycles. The Morgan fingerprint density at radius 1 is 1.82 bits per heavy atom. The predicted octanol–water partition coefficient (Wildman–Crippen LogP) is -0.694. The summed E-state index contributed by atoms with van der Waals surface area (Å²) < 4.78 is 4.43. The summed E-state index contributed by atoms with van der Waals surface area (Å²) in [6.07, 6.45) is 0. The number of rotatable bonds is 1. The van der Waals surface area contributed by atoms with E-state index in [2.05, 4.69) is 9.72 Å². The molecule has 1 aromatic rings. The molecule has 2 N–H and O–H groups in total. The van der Waals surface area contributed by atoms with Crippen LogP contribution in [0.4, 0.5) is 5.13 Å². The van der Waals surface area contributed by atoms with Crippen molar-refractivity contribution in [2.24, 2.45) is 0 Å². The highest BCUT2D eigenvalue weighted by Gasteiger charge is 2.12. The Balaban J connectivity index is 3.03. The van der Waals surface area contributed by atoms with Crippen LogP contribution in [0.5, 0.6) is 0 Å². The molecule has 0 aliphatic heterocycles. The molecule has 0 aliphatic carbocycles. The molecule has 0 atom stereocenters. The molecule has 1 rings (SSSR count). The van der Waals surface area contributed by atoms with Gasteiger partial charge in [0, 0.05) is 5.59 Å². The highest BCUT2D eigenvalue weighted by molar-refractivity contribution is 7.18. The van der Waals surface area contributed by atoms with Crippen molar-refractivity contribution < 1.29 is 9.53 Å². The number of hydrogen-bond donors (Lipinski definition) is 1. The largest absolute Gasteiger partial charge is 0.465 e. The molecule has 0 spiro atoms. The van der Waals surface area contributed by atoms with Gasteiger partial charge in [-0.1, -0.05) is 11.3 Å². The number of aromatic nitrogens is 1. The summed E-state index contributed by atoms with van der Waals surface area (Å²) in [4.78, 5) is 14.8. The Kier molecular flexibility index (Phi) is 2.14. The minimum Gasteiger partial charge on any atom is -0.465 e. The molecule has 56 valence electrons. The third kappa shape index (κ3) is 1.51. The number of carbonyl (C=O) groups excluding carboxylic acids is 1. The van der Waals surface area contributed by atoms with Gasteiger partial charge in [-0.2, -0.15) is 0 Å². The summed E-state index contributed by atoms with van der Waals surface area (Å²) in [5.74, 6) is -0.503. The first kappa shape index (κ1) is 8.07. The van der Waals surface area contributed by atoms with Crippen LogP contribution in [-0.2, 0) is 4.74 Å². The summed E-state index contributed by atoms with van der Waals surface area (Å²) >= 11 is 1.01. The molecular weight excluding hydrogens is 163 g/mol. The Morgan fingerprint density at radius 2 is 2.45 bits per heavy atom. The smallest absolute Gasteiger partial charge is 0.349 e. The number of hydrogen-bond acceptors (Lipinski definition) is 5. The number of carbonyl (C=O) groups is 1. The summed E-state index contributed by atoms with van der Waals surface area (Å²) in [6.45, 7) is 0. The topological polar surface area (TPSA) is 65.2 Å². The maximum Gasteiger partial charge on any atom is 0.349 e. The third-order valence-electron chi connectivity index (χ3n) is 1.04. The lowest BCUT2D eigenvalue weighted by Crippen LogP contribution is -2.14. The fourth-order valence-corrected chi connectivity index (χ4v) is 1.26. The Morgan fingerprint density at radius 3 is 2.82 bits per heavy atom. The molecule has 0 saturated heterocycles. The first-order chi connectivity index (χ1) is 5.15. The lowest BCUT2D eigenvalue weighted by molar-refractivity contribution is 0.0607. The van der Waals surface area contributed by atoms with Crippen LogP contribution in [0.2, 0.25) is 0 Å². The molecule has 0 aromatic carbocycles. The molecule has 11 heavy (non-hydrogen) atoms. The van der Waals surface area contributed by atoms with Crippen molar-refractivity contribution in [2.75, 3.05) is 12.8 Å². The maximum absolute atomic E-state index is 10.9. The standard InChI is InChI=1S/C5H5BN2O2S/c1-10-4(9)2-3(6)8-5(7)11-2/h1H3,(H2,7,8). The molecule has 6 heteroatoms. The van der Waals surface area contributed by atoms with Crippen molar-refractivity contribution in [3.05, 3.63) is 4.88 Å². The van der Waals surface area contributed by atoms with E-state index in [0.29, 0.717) is 0 Å². The van der Waals surface area contributed by atoms with Gasteiger partial charge in [0.2, 0.25) is 0 Å². The number of ether oxygens (including phenoxy) is 1. The molecule has 1 heterocycles. The van der Waals surface area contributed by atoms with Gasteiger partial charge in [-0.3, -0.25) is 0 Å². The van der Waals surface area contributed by atoms with Crippen molar-refractivity contribution >= 4 is 35.9 Å². The number of methoxy groups -OCH3 is 1. The van der Waals surface area contributed by atoms with Gasteiger partial charge in [-0.25, -0.2) is 9.78 Å². The predicted molar refractivity (Wildman–Crippen MR) is 43.3 cm³/mol.